The van der Waals surface area contributed by atoms with Gasteiger partial charge in [-0.1, -0.05) is 24.6 Å². The lowest BCUT2D eigenvalue weighted by Gasteiger charge is -2.17. The maximum absolute atomic E-state index is 13.5. The summed E-state index contributed by atoms with van der Waals surface area (Å²) in [5, 5.41) is 9.78. The molecule has 0 bridgehead atoms. The lowest BCUT2D eigenvalue weighted by molar-refractivity contribution is 0.164. The van der Waals surface area contributed by atoms with Crippen molar-refractivity contribution in [2.45, 2.75) is 25.4 Å². The lowest BCUT2D eigenvalue weighted by Crippen LogP contribution is -2.21. The Labute approximate surface area is 93.9 Å². The summed E-state index contributed by atoms with van der Waals surface area (Å²) in [6.07, 6.45) is -0.201. The molecule has 3 N–H and O–H groups in total. The van der Waals surface area contributed by atoms with Gasteiger partial charge in [0.15, 0.2) is 0 Å². The largest absolute Gasteiger partial charge is 0.392 e. The predicted octanol–water partition coefficient (Wildman–Crippen LogP) is 2.29. The zero-order valence-electron chi connectivity index (χ0n) is 8.58. The molecule has 2 atom stereocenters. The van der Waals surface area contributed by atoms with E-state index in [9.17, 15) is 9.50 Å². The number of aliphatic hydroxyl groups excluding tert-OH is 1. The second-order valence-corrected chi connectivity index (χ2v) is 4.07. The van der Waals surface area contributed by atoms with Gasteiger partial charge in [0.2, 0.25) is 0 Å². The average molecular weight is 232 g/mol. The minimum absolute atomic E-state index is 0.141. The predicted molar refractivity (Wildman–Crippen MR) is 59.5 cm³/mol. The number of hydrogen-bond acceptors (Lipinski definition) is 2. The van der Waals surface area contributed by atoms with E-state index < -0.39 is 6.10 Å². The maximum atomic E-state index is 13.5. The molecule has 0 aliphatic rings. The van der Waals surface area contributed by atoms with Gasteiger partial charge in [0, 0.05) is 17.1 Å². The summed E-state index contributed by atoms with van der Waals surface area (Å²) in [5.74, 6) is -0.475. The van der Waals surface area contributed by atoms with Crippen LogP contribution in [0.3, 0.4) is 0 Å². The Morgan fingerprint density at radius 1 is 1.53 bits per heavy atom. The first kappa shape index (κ1) is 12.4. The summed E-state index contributed by atoms with van der Waals surface area (Å²) in [5.41, 5.74) is 5.75. The summed E-state index contributed by atoms with van der Waals surface area (Å²) in [6.45, 7) is 2.00. The Balaban J connectivity index is 2.86. The van der Waals surface area contributed by atoms with Crippen LogP contribution in [0, 0.1) is 5.82 Å². The van der Waals surface area contributed by atoms with Crippen molar-refractivity contribution in [1.29, 1.82) is 0 Å². The van der Waals surface area contributed by atoms with Crippen molar-refractivity contribution in [3.63, 3.8) is 0 Å². The third-order valence-corrected chi connectivity index (χ3v) is 2.72. The van der Waals surface area contributed by atoms with Crippen LogP contribution in [0.1, 0.15) is 24.8 Å². The molecular formula is C11H15ClFNO. The SMILES string of the molecule is CC(CC(O)CN)c1c(F)cccc1Cl. The second kappa shape index (κ2) is 5.45. The molecule has 0 aromatic heterocycles. The molecule has 0 aliphatic carbocycles. The van der Waals surface area contributed by atoms with Crippen molar-refractivity contribution in [3.05, 3.63) is 34.6 Å². The molecule has 1 rings (SSSR count). The van der Waals surface area contributed by atoms with Crippen LogP contribution in [0.2, 0.25) is 5.02 Å². The van der Waals surface area contributed by atoms with Crippen molar-refractivity contribution in [2.24, 2.45) is 5.73 Å². The van der Waals surface area contributed by atoms with Gasteiger partial charge in [0.05, 0.1) is 6.10 Å². The third-order valence-electron chi connectivity index (χ3n) is 2.39. The van der Waals surface area contributed by atoms with E-state index in [0.717, 1.165) is 0 Å². The highest BCUT2D eigenvalue weighted by molar-refractivity contribution is 6.31. The Morgan fingerprint density at radius 2 is 2.20 bits per heavy atom. The third kappa shape index (κ3) is 3.16. The Hall–Kier alpha value is -0.640. The summed E-state index contributed by atoms with van der Waals surface area (Å²) < 4.78 is 13.5. The zero-order valence-corrected chi connectivity index (χ0v) is 9.34. The number of aliphatic hydroxyl groups is 1. The molecular weight excluding hydrogens is 217 g/mol. The number of benzene rings is 1. The molecule has 0 saturated carbocycles. The molecule has 2 unspecified atom stereocenters. The number of rotatable bonds is 4. The highest BCUT2D eigenvalue weighted by Gasteiger charge is 2.17. The minimum atomic E-state index is -0.615. The van der Waals surface area contributed by atoms with Crippen LogP contribution in [0.5, 0.6) is 0 Å². The van der Waals surface area contributed by atoms with Gasteiger partial charge in [-0.05, 0) is 24.5 Å². The first-order valence-corrected chi connectivity index (χ1v) is 5.26. The van der Waals surface area contributed by atoms with E-state index in [2.05, 4.69) is 0 Å². The Kier molecular flexibility index (Phi) is 4.51. The summed E-state index contributed by atoms with van der Waals surface area (Å²) in [7, 11) is 0. The van der Waals surface area contributed by atoms with Gasteiger partial charge in [-0.25, -0.2) is 4.39 Å². The Morgan fingerprint density at radius 3 is 2.73 bits per heavy atom. The smallest absolute Gasteiger partial charge is 0.128 e. The fourth-order valence-corrected chi connectivity index (χ4v) is 1.95. The van der Waals surface area contributed by atoms with Gasteiger partial charge < -0.3 is 10.8 Å². The van der Waals surface area contributed by atoms with Crippen LogP contribution < -0.4 is 5.73 Å². The van der Waals surface area contributed by atoms with Gasteiger partial charge in [0.25, 0.3) is 0 Å². The number of hydrogen-bond donors (Lipinski definition) is 2. The van der Waals surface area contributed by atoms with Crippen LogP contribution in [0.15, 0.2) is 18.2 Å². The van der Waals surface area contributed by atoms with Crippen molar-refractivity contribution in [2.75, 3.05) is 6.54 Å². The molecule has 0 amide bonds. The molecule has 1 aromatic carbocycles. The van der Waals surface area contributed by atoms with E-state index >= 15 is 0 Å². The first-order chi connectivity index (χ1) is 7.06. The normalized spacial score (nSPS) is 15.0. The van der Waals surface area contributed by atoms with Crippen LogP contribution in [0.4, 0.5) is 4.39 Å². The molecule has 1 aromatic rings. The molecule has 0 spiro atoms. The molecule has 0 radical (unpaired) electrons. The van der Waals surface area contributed by atoms with E-state index in [4.69, 9.17) is 17.3 Å². The number of halogens is 2. The van der Waals surface area contributed by atoms with Crippen molar-refractivity contribution in [1.82, 2.24) is 0 Å². The molecule has 15 heavy (non-hydrogen) atoms. The van der Waals surface area contributed by atoms with Crippen molar-refractivity contribution < 1.29 is 9.50 Å². The lowest BCUT2D eigenvalue weighted by atomic mass is 9.94. The molecule has 0 saturated heterocycles. The van der Waals surface area contributed by atoms with E-state index in [1.54, 1.807) is 12.1 Å². The first-order valence-electron chi connectivity index (χ1n) is 4.88. The van der Waals surface area contributed by atoms with Crippen LogP contribution in [-0.4, -0.2) is 17.8 Å². The summed E-state index contributed by atoms with van der Waals surface area (Å²) in [6, 6.07) is 4.57. The zero-order chi connectivity index (χ0) is 11.4. The number of nitrogens with two attached hydrogens (primary N) is 1. The molecule has 84 valence electrons. The van der Waals surface area contributed by atoms with Gasteiger partial charge in [0.1, 0.15) is 5.82 Å². The van der Waals surface area contributed by atoms with E-state index in [-0.39, 0.29) is 18.3 Å². The highest BCUT2D eigenvalue weighted by Crippen LogP contribution is 2.29. The maximum Gasteiger partial charge on any atom is 0.128 e. The highest BCUT2D eigenvalue weighted by atomic mass is 35.5. The summed E-state index contributed by atoms with van der Waals surface area (Å²) in [4.78, 5) is 0. The fourth-order valence-electron chi connectivity index (χ4n) is 1.60. The molecule has 0 heterocycles. The topological polar surface area (TPSA) is 46.2 Å². The van der Waals surface area contributed by atoms with Gasteiger partial charge in [-0.3, -0.25) is 0 Å². The van der Waals surface area contributed by atoms with E-state index in [0.29, 0.717) is 17.0 Å². The van der Waals surface area contributed by atoms with Gasteiger partial charge in [-0.15, -0.1) is 0 Å². The van der Waals surface area contributed by atoms with E-state index in [1.807, 2.05) is 6.92 Å². The van der Waals surface area contributed by atoms with Crippen LogP contribution >= 0.6 is 11.6 Å². The minimum Gasteiger partial charge on any atom is -0.392 e. The molecule has 2 nitrogen and oxygen atoms in total. The van der Waals surface area contributed by atoms with Gasteiger partial charge >= 0.3 is 0 Å². The van der Waals surface area contributed by atoms with Crippen molar-refractivity contribution in [3.8, 4) is 0 Å². The standard InChI is InChI=1S/C11H15ClFNO/c1-7(5-8(15)6-14)11-9(12)3-2-4-10(11)13/h2-4,7-8,15H,5-6,14H2,1H3. The Bertz CT molecular complexity index is 312. The molecule has 0 fully saturated rings. The summed E-state index contributed by atoms with van der Waals surface area (Å²) >= 11 is 5.90. The van der Waals surface area contributed by atoms with Crippen LogP contribution in [-0.2, 0) is 0 Å². The van der Waals surface area contributed by atoms with Crippen molar-refractivity contribution >= 4 is 11.6 Å². The molecule has 4 heteroatoms. The van der Waals surface area contributed by atoms with E-state index in [1.165, 1.54) is 6.07 Å². The fraction of sp³-hybridized carbons (Fsp3) is 0.455. The molecule has 0 aliphatic heterocycles. The monoisotopic (exact) mass is 231 g/mol. The quantitative estimate of drug-likeness (QED) is 0.835. The second-order valence-electron chi connectivity index (χ2n) is 3.66. The van der Waals surface area contributed by atoms with Gasteiger partial charge in [-0.2, -0.15) is 0 Å². The van der Waals surface area contributed by atoms with Crippen LogP contribution in [0.25, 0.3) is 0 Å². The average Bonchev–Trinajstić information content (AvgIpc) is 2.17.